The number of hydrogen-bond donors (Lipinski definition) is 2. The van der Waals surface area contributed by atoms with Crippen LogP contribution in [0.5, 0.6) is 5.88 Å². The minimum Gasteiger partial charge on any atom is -0.476 e. The highest BCUT2D eigenvalue weighted by molar-refractivity contribution is 5.77. The predicted octanol–water partition coefficient (Wildman–Crippen LogP) is 0.815. The number of halogens is 1. The van der Waals surface area contributed by atoms with Crippen molar-refractivity contribution in [3.05, 3.63) is 6.33 Å². The zero-order valence-corrected chi connectivity index (χ0v) is 12.4. The summed E-state index contributed by atoms with van der Waals surface area (Å²) in [4.78, 5) is 12.6. The van der Waals surface area contributed by atoms with Gasteiger partial charge in [-0.15, -0.1) is 0 Å². The van der Waals surface area contributed by atoms with E-state index < -0.39 is 18.5 Å². The van der Waals surface area contributed by atoms with Crippen LogP contribution in [0.3, 0.4) is 0 Å². The van der Waals surface area contributed by atoms with Gasteiger partial charge in [-0.2, -0.15) is 9.97 Å². The molecule has 4 rings (SSSR count). The number of hydrogen-bond acceptors (Lipinski definition) is 7. The van der Waals surface area contributed by atoms with Gasteiger partial charge in [0.2, 0.25) is 11.8 Å². The molecule has 8 nitrogen and oxygen atoms in total. The van der Waals surface area contributed by atoms with E-state index >= 15 is 0 Å². The molecule has 3 atom stereocenters. The number of aliphatic hydroxyl groups excluding tert-OH is 1. The SMILES string of the molecule is Nc1nc(OCC2CC2)c2ncn([C@H]3C[C@H](F)[C@@H](CO)O3)c2n1. The van der Waals surface area contributed by atoms with Gasteiger partial charge in [0.15, 0.2) is 11.2 Å². The summed E-state index contributed by atoms with van der Waals surface area (Å²) in [6.45, 7) is 0.217. The Balaban J connectivity index is 1.65. The maximum atomic E-state index is 13.8. The summed E-state index contributed by atoms with van der Waals surface area (Å²) in [6.07, 6.45) is 1.31. The Labute approximate surface area is 131 Å². The molecule has 9 heteroatoms. The summed E-state index contributed by atoms with van der Waals surface area (Å²) in [5.41, 5.74) is 6.68. The Morgan fingerprint density at radius 2 is 2.26 bits per heavy atom. The first-order chi connectivity index (χ1) is 11.2. The molecule has 1 aliphatic heterocycles. The third kappa shape index (κ3) is 2.70. The van der Waals surface area contributed by atoms with Crippen LogP contribution in [0.4, 0.5) is 10.3 Å². The van der Waals surface area contributed by atoms with Crippen molar-refractivity contribution in [1.82, 2.24) is 19.5 Å². The molecule has 2 fully saturated rings. The van der Waals surface area contributed by atoms with Gasteiger partial charge >= 0.3 is 0 Å². The first kappa shape index (κ1) is 14.6. The largest absolute Gasteiger partial charge is 0.476 e. The standard InChI is InChI=1S/C14H18FN5O3/c15-8-3-10(23-9(8)4-21)20-6-17-11-12(20)18-14(16)19-13(11)22-5-7-1-2-7/h6-10,21H,1-5H2,(H2,16,18,19)/t8-,9+,10+/m0/s1. The Morgan fingerprint density at radius 3 is 2.96 bits per heavy atom. The van der Waals surface area contributed by atoms with Crippen molar-refractivity contribution in [3.8, 4) is 5.88 Å². The van der Waals surface area contributed by atoms with Gasteiger partial charge in [0, 0.05) is 6.42 Å². The van der Waals surface area contributed by atoms with E-state index in [1.807, 2.05) is 0 Å². The quantitative estimate of drug-likeness (QED) is 0.838. The molecule has 0 unspecified atom stereocenters. The summed E-state index contributed by atoms with van der Waals surface area (Å²) in [7, 11) is 0. The fraction of sp³-hybridized carbons (Fsp3) is 0.643. The molecule has 2 aromatic heterocycles. The van der Waals surface area contributed by atoms with Crippen LogP contribution in [0.1, 0.15) is 25.5 Å². The molecule has 0 amide bonds. The van der Waals surface area contributed by atoms with E-state index in [1.54, 1.807) is 4.57 Å². The first-order valence-corrected chi connectivity index (χ1v) is 7.69. The van der Waals surface area contributed by atoms with Gasteiger partial charge in [-0.3, -0.25) is 4.57 Å². The zero-order valence-electron chi connectivity index (χ0n) is 12.4. The van der Waals surface area contributed by atoms with Gasteiger partial charge in [0.1, 0.15) is 18.5 Å². The monoisotopic (exact) mass is 323 g/mol. The normalized spacial score (nSPS) is 27.7. The summed E-state index contributed by atoms with van der Waals surface area (Å²) < 4.78 is 26.6. The Kier molecular flexibility index (Phi) is 3.53. The van der Waals surface area contributed by atoms with Crippen molar-refractivity contribution < 1.29 is 19.0 Å². The summed E-state index contributed by atoms with van der Waals surface area (Å²) >= 11 is 0. The summed E-state index contributed by atoms with van der Waals surface area (Å²) in [6, 6.07) is 0. The number of nitrogens with two attached hydrogens (primary N) is 1. The van der Waals surface area contributed by atoms with Crippen LogP contribution in [-0.2, 0) is 4.74 Å². The summed E-state index contributed by atoms with van der Waals surface area (Å²) in [5, 5.41) is 9.13. The van der Waals surface area contributed by atoms with Crippen molar-refractivity contribution in [3.63, 3.8) is 0 Å². The molecule has 0 bridgehead atoms. The molecule has 3 heterocycles. The fourth-order valence-corrected chi connectivity index (χ4v) is 2.72. The topological polar surface area (TPSA) is 108 Å². The average molecular weight is 323 g/mol. The molecule has 0 radical (unpaired) electrons. The molecular weight excluding hydrogens is 305 g/mol. The highest BCUT2D eigenvalue weighted by atomic mass is 19.1. The zero-order chi connectivity index (χ0) is 16.0. The van der Waals surface area contributed by atoms with Gasteiger partial charge in [-0.1, -0.05) is 0 Å². The number of anilines is 1. The van der Waals surface area contributed by atoms with Crippen LogP contribution < -0.4 is 10.5 Å². The van der Waals surface area contributed by atoms with Gasteiger partial charge in [0.05, 0.1) is 19.5 Å². The van der Waals surface area contributed by atoms with E-state index in [4.69, 9.17) is 20.3 Å². The van der Waals surface area contributed by atoms with Crippen LogP contribution in [0.15, 0.2) is 6.33 Å². The molecule has 0 spiro atoms. The molecule has 2 aromatic rings. The first-order valence-electron chi connectivity index (χ1n) is 7.69. The molecule has 2 aliphatic rings. The van der Waals surface area contributed by atoms with Gasteiger partial charge in [-0.25, -0.2) is 9.37 Å². The highest BCUT2D eigenvalue weighted by Gasteiger charge is 2.37. The second kappa shape index (κ2) is 5.57. The number of ether oxygens (including phenoxy) is 2. The van der Waals surface area contributed by atoms with E-state index in [0.29, 0.717) is 29.6 Å². The van der Waals surface area contributed by atoms with Crippen molar-refractivity contribution >= 4 is 17.1 Å². The molecule has 124 valence electrons. The Morgan fingerprint density at radius 1 is 1.43 bits per heavy atom. The lowest BCUT2D eigenvalue weighted by molar-refractivity contribution is -0.0323. The lowest BCUT2D eigenvalue weighted by atomic mass is 10.2. The number of nitrogens with zero attached hydrogens (tertiary/aromatic N) is 4. The average Bonchev–Trinajstić information content (AvgIpc) is 3.15. The van der Waals surface area contributed by atoms with Crippen molar-refractivity contribution in [2.75, 3.05) is 18.9 Å². The van der Waals surface area contributed by atoms with Crippen molar-refractivity contribution in [2.45, 2.75) is 37.8 Å². The Bertz CT molecular complexity index is 720. The second-order valence-corrected chi connectivity index (χ2v) is 6.03. The maximum absolute atomic E-state index is 13.8. The Hall–Kier alpha value is -2.00. The molecule has 23 heavy (non-hydrogen) atoms. The summed E-state index contributed by atoms with van der Waals surface area (Å²) in [5.74, 6) is 0.976. The van der Waals surface area contributed by atoms with Gasteiger partial charge in [-0.05, 0) is 18.8 Å². The number of nitrogen functional groups attached to an aromatic ring is 1. The predicted molar refractivity (Wildman–Crippen MR) is 78.5 cm³/mol. The van der Waals surface area contributed by atoms with Crippen LogP contribution in [0.2, 0.25) is 0 Å². The lowest BCUT2D eigenvalue weighted by Gasteiger charge is -2.13. The molecule has 1 aliphatic carbocycles. The van der Waals surface area contributed by atoms with E-state index in [-0.39, 0.29) is 19.0 Å². The fourth-order valence-electron chi connectivity index (χ4n) is 2.72. The van der Waals surface area contributed by atoms with Crippen LogP contribution in [-0.4, -0.2) is 50.1 Å². The molecule has 1 saturated heterocycles. The number of alkyl halides is 1. The molecule has 1 saturated carbocycles. The van der Waals surface area contributed by atoms with Crippen molar-refractivity contribution in [2.24, 2.45) is 5.92 Å². The minimum atomic E-state index is -1.23. The van der Waals surface area contributed by atoms with E-state index in [0.717, 1.165) is 12.8 Å². The molecule has 3 N–H and O–H groups in total. The minimum absolute atomic E-state index is 0.0681. The molecular formula is C14H18FN5O3. The maximum Gasteiger partial charge on any atom is 0.247 e. The van der Waals surface area contributed by atoms with E-state index in [9.17, 15) is 4.39 Å². The van der Waals surface area contributed by atoms with Crippen LogP contribution in [0.25, 0.3) is 11.2 Å². The van der Waals surface area contributed by atoms with Crippen LogP contribution >= 0.6 is 0 Å². The van der Waals surface area contributed by atoms with Gasteiger partial charge < -0.3 is 20.3 Å². The van der Waals surface area contributed by atoms with E-state index in [2.05, 4.69) is 15.0 Å². The smallest absolute Gasteiger partial charge is 0.247 e. The lowest BCUT2D eigenvalue weighted by Crippen LogP contribution is -2.21. The highest BCUT2D eigenvalue weighted by Crippen LogP contribution is 2.34. The van der Waals surface area contributed by atoms with Crippen molar-refractivity contribution in [1.29, 1.82) is 0 Å². The third-order valence-corrected chi connectivity index (χ3v) is 4.21. The number of fused-ring (bicyclic) bond motifs is 1. The van der Waals surface area contributed by atoms with E-state index in [1.165, 1.54) is 6.33 Å². The number of aromatic nitrogens is 4. The van der Waals surface area contributed by atoms with Crippen LogP contribution in [0, 0.1) is 5.92 Å². The number of imidazole rings is 1. The number of aliphatic hydroxyl groups is 1. The second-order valence-electron chi connectivity index (χ2n) is 6.03. The number of rotatable bonds is 5. The third-order valence-electron chi connectivity index (χ3n) is 4.21. The molecule has 0 aromatic carbocycles. The van der Waals surface area contributed by atoms with Gasteiger partial charge in [0.25, 0.3) is 0 Å².